The molecule has 0 spiro atoms. The lowest BCUT2D eigenvalue weighted by molar-refractivity contribution is -0.124. The van der Waals surface area contributed by atoms with Crippen LogP contribution in [0, 0.1) is 11.8 Å². The molecule has 1 amide bonds. The second kappa shape index (κ2) is 3.01. The van der Waals surface area contributed by atoms with Gasteiger partial charge in [0.15, 0.2) is 0 Å². The lowest BCUT2D eigenvalue weighted by atomic mass is 10.1. The average molecular weight is 142 g/mol. The van der Waals surface area contributed by atoms with Crippen molar-refractivity contribution in [2.45, 2.75) is 26.2 Å². The molecule has 1 fully saturated rings. The van der Waals surface area contributed by atoms with Crippen LogP contribution < -0.4 is 11.3 Å². The summed E-state index contributed by atoms with van der Waals surface area (Å²) >= 11 is 0. The van der Waals surface area contributed by atoms with Gasteiger partial charge in [-0.1, -0.05) is 6.92 Å². The molecular weight excluding hydrogens is 128 g/mol. The van der Waals surface area contributed by atoms with E-state index in [9.17, 15) is 4.79 Å². The molecule has 0 aromatic rings. The quantitative estimate of drug-likeness (QED) is 0.316. The van der Waals surface area contributed by atoms with Gasteiger partial charge in [0.2, 0.25) is 5.91 Å². The second-order valence-electron chi connectivity index (χ2n) is 3.12. The predicted octanol–water partition coefficient (Wildman–Crippen LogP) is 0.413. The van der Waals surface area contributed by atoms with E-state index in [-0.39, 0.29) is 11.8 Å². The molecule has 0 bridgehead atoms. The minimum absolute atomic E-state index is 0.00403. The maximum atomic E-state index is 10.9. The molecule has 2 atom stereocenters. The van der Waals surface area contributed by atoms with E-state index < -0.39 is 0 Å². The minimum atomic E-state index is 0.00403. The molecule has 0 saturated heterocycles. The molecule has 0 unspecified atom stereocenters. The maximum absolute atomic E-state index is 10.9. The maximum Gasteiger partial charge on any atom is 0.236 e. The van der Waals surface area contributed by atoms with Crippen LogP contribution in [0.25, 0.3) is 0 Å². The predicted molar refractivity (Wildman–Crippen MR) is 38.8 cm³/mol. The van der Waals surface area contributed by atoms with Gasteiger partial charge in [0.05, 0.1) is 0 Å². The molecule has 58 valence electrons. The number of nitrogens with two attached hydrogens (primary N) is 1. The zero-order valence-electron chi connectivity index (χ0n) is 6.26. The van der Waals surface area contributed by atoms with Crippen molar-refractivity contribution in [3.63, 3.8) is 0 Å². The molecule has 1 saturated carbocycles. The highest BCUT2D eigenvalue weighted by Gasteiger charge is 2.26. The van der Waals surface area contributed by atoms with Crippen molar-refractivity contribution in [3.8, 4) is 0 Å². The van der Waals surface area contributed by atoms with Crippen LogP contribution in [0.1, 0.15) is 26.2 Å². The number of hydrazine groups is 1. The van der Waals surface area contributed by atoms with Crippen molar-refractivity contribution < 1.29 is 4.79 Å². The first kappa shape index (κ1) is 7.54. The van der Waals surface area contributed by atoms with E-state index in [1.807, 2.05) is 0 Å². The fraction of sp³-hybridized carbons (Fsp3) is 0.857. The van der Waals surface area contributed by atoms with E-state index in [0.717, 1.165) is 19.3 Å². The van der Waals surface area contributed by atoms with Gasteiger partial charge in [-0.25, -0.2) is 5.84 Å². The van der Waals surface area contributed by atoms with Gasteiger partial charge in [-0.2, -0.15) is 0 Å². The van der Waals surface area contributed by atoms with E-state index in [1.54, 1.807) is 0 Å². The Labute approximate surface area is 60.9 Å². The third-order valence-corrected chi connectivity index (χ3v) is 2.21. The van der Waals surface area contributed by atoms with Crippen molar-refractivity contribution >= 4 is 5.91 Å². The number of carbonyl (C=O) groups is 1. The van der Waals surface area contributed by atoms with Gasteiger partial charge >= 0.3 is 0 Å². The van der Waals surface area contributed by atoms with E-state index in [2.05, 4.69) is 12.3 Å². The molecule has 0 radical (unpaired) electrons. The standard InChI is InChI=1S/C7H14N2O/c1-5-2-3-6(4-5)7(10)9-8/h5-6H,2-4,8H2,1H3,(H,9,10)/t5-,6+/m0/s1. The van der Waals surface area contributed by atoms with Gasteiger partial charge in [0.25, 0.3) is 0 Å². The van der Waals surface area contributed by atoms with E-state index in [4.69, 9.17) is 5.84 Å². The summed E-state index contributed by atoms with van der Waals surface area (Å²) in [6.45, 7) is 2.17. The topological polar surface area (TPSA) is 55.1 Å². The van der Waals surface area contributed by atoms with Gasteiger partial charge in [-0.15, -0.1) is 0 Å². The van der Waals surface area contributed by atoms with Gasteiger partial charge in [0.1, 0.15) is 0 Å². The van der Waals surface area contributed by atoms with Crippen LogP contribution in [0.3, 0.4) is 0 Å². The second-order valence-corrected chi connectivity index (χ2v) is 3.12. The third kappa shape index (κ3) is 1.48. The Morgan fingerprint density at radius 2 is 2.30 bits per heavy atom. The summed E-state index contributed by atoms with van der Waals surface area (Å²) in [6, 6.07) is 0. The molecule has 1 aliphatic carbocycles. The molecule has 1 aliphatic rings. The number of carbonyl (C=O) groups excluding carboxylic acids is 1. The zero-order chi connectivity index (χ0) is 7.56. The van der Waals surface area contributed by atoms with E-state index >= 15 is 0 Å². The van der Waals surface area contributed by atoms with Crippen LogP contribution in [0.4, 0.5) is 0 Å². The summed E-state index contributed by atoms with van der Waals surface area (Å²) in [5, 5.41) is 0. The molecule has 0 aliphatic heterocycles. The van der Waals surface area contributed by atoms with Gasteiger partial charge < -0.3 is 0 Å². The fourth-order valence-electron chi connectivity index (χ4n) is 1.56. The zero-order valence-corrected chi connectivity index (χ0v) is 6.26. The summed E-state index contributed by atoms with van der Waals surface area (Å²) in [6.07, 6.45) is 3.17. The molecule has 3 heteroatoms. The first-order valence-electron chi connectivity index (χ1n) is 3.74. The van der Waals surface area contributed by atoms with E-state index in [1.165, 1.54) is 0 Å². The lowest BCUT2D eigenvalue weighted by Crippen LogP contribution is -2.34. The molecule has 3 nitrogen and oxygen atoms in total. The van der Waals surface area contributed by atoms with Crippen LogP contribution >= 0.6 is 0 Å². The smallest absolute Gasteiger partial charge is 0.236 e. The summed E-state index contributed by atoms with van der Waals surface area (Å²) in [5.41, 5.74) is 2.19. The number of nitrogens with one attached hydrogen (secondary N) is 1. The summed E-state index contributed by atoms with van der Waals surface area (Å²) in [7, 11) is 0. The molecule has 10 heavy (non-hydrogen) atoms. The Morgan fingerprint density at radius 1 is 1.60 bits per heavy atom. The Balaban J connectivity index is 2.37. The van der Waals surface area contributed by atoms with Crippen molar-refractivity contribution in [3.05, 3.63) is 0 Å². The Morgan fingerprint density at radius 3 is 2.70 bits per heavy atom. The monoisotopic (exact) mass is 142 g/mol. The number of rotatable bonds is 1. The number of hydrogen-bond donors (Lipinski definition) is 2. The number of hydrogen-bond acceptors (Lipinski definition) is 2. The Kier molecular flexibility index (Phi) is 2.27. The Bertz CT molecular complexity index is 136. The van der Waals surface area contributed by atoms with Crippen LogP contribution in [-0.4, -0.2) is 5.91 Å². The molecule has 0 aromatic heterocycles. The Hall–Kier alpha value is -0.570. The van der Waals surface area contributed by atoms with Crippen molar-refractivity contribution in [2.75, 3.05) is 0 Å². The van der Waals surface area contributed by atoms with Crippen LogP contribution in [0.2, 0.25) is 0 Å². The largest absolute Gasteiger partial charge is 0.294 e. The normalized spacial score (nSPS) is 32.2. The highest BCUT2D eigenvalue weighted by Crippen LogP contribution is 2.29. The summed E-state index contributed by atoms with van der Waals surface area (Å²) < 4.78 is 0. The average Bonchev–Trinajstić information content (AvgIpc) is 2.34. The van der Waals surface area contributed by atoms with Crippen LogP contribution in [0.15, 0.2) is 0 Å². The van der Waals surface area contributed by atoms with Gasteiger partial charge in [0, 0.05) is 5.92 Å². The number of amides is 1. The lowest BCUT2D eigenvalue weighted by Gasteiger charge is -2.05. The van der Waals surface area contributed by atoms with Gasteiger partial charge in [-0.3, -0.25) is 10.2 Å². The summed E-state index contributed by atoms with van der Waals surface area (Å²) in [4.78, 5) is 10.9. The first-order chi connectivity index (χ1) is 4.74. The molecule has 0 heterocycles. The molecule has 1 rings (SSSR count). The molecule has 3 N–H and O–H groups in total. The highest BCUT2D eigenvalue weighted by molar-refractivity contribution is 5.78. The minimum Gasteiger partial charge on any atom is -0.294 e. The molecule has 0 aromatic carbocycles. The SMILES string of the molecule is C[C@H]1CC[C@@H](C(=O)NN)C1. The molecular formula is C7H14N2O. The van der Waals surface area contributed by atoms with E-state index in [0.29, 0.717) is 5.92 Å². The summed E-state index contributed by atoms with van der Waals surface area (Å²) in [5.74, 6) is 5.88. The third-order valence-electron chi connectivity index (χ3n) is 2.21. The van der Waals surface area contributed by atoms with Crippen molar-refractivity contribution in [2.24, 2.45) is 17.7 Å². The first-order valence-corrected chi connectivity index (χ1v) is 3.74. The van der Waals surface area contributed by atoms with Crippen LogP contribution in [0.5, 0.6) is 0 Å². The fourth-order valence-corrected chi connectivity index (χ4v) is 1.56. The van der Waals surface area contributed by atoms with Crippen molar-refractivity contribution in [1.82, 2.24) is 5.43 Å². The van der Waals surface area contributed by atoms with Crippen molar-refractivity contribution in [1.29, 1.82) is 0 Å². The van der Waals surface area contributed by atoms with Crippen LogP contribution in [-0.2, 0) is 4.79 Å². The van der Waals surface area contributed by atoms with Gasteiger partial charge in [-0.05, 0) is 25.2 Å². The highest BCUT2D eigenvalue weighted by atomic mass is 16.2.